The number of nitrogens with zero attached hydrogens (tertiary/aromatic N) is 1. The van der Waals surface area contributed by atoms with Crippen LogP contribution < -0.4 is 10.6 Å². The first kappa shape index (κ1) is 12.9. The molecule has 0 saturated heterocycles. The first-order valence-corrected chi connectivity index (χ1v) is 5.52. The quantitative estimate of drug-likeness (QED) is 0.793. The second-order valence-electron chi connectivity index (χ2n) is 3.92. The molecule has 1 amide bonds. The molecule has 1 rings (SSSR count). The highest BCUT2D eigenvalue weighted by molar-refractivity contribution is 6.30. The number of halogens is 1. The summed E-state index contributed by atoms with van der Waals surface area (Å²) in [6.45, 7) is 6.11. The van der Waals surface area contributed by atoms with Crippen LogP contribution in [-0.4, -0.2) is 23.5 Å². The van der Waals surface area contributed by atoms with Crippen LogP contribution in [0.1, 0.15) is 19.4 Å². The van der Waals surface area contributed by atoms with Crippen LogP contribution in [0.25, 0.3) is 0 Å². The summed E-state index contributed by atoms with van der Waals surface area (Å²) in [7, 11) is 0. The summed E-state index contributed by atoms with van der Waals surface area (Å²) in [5.41, 5.74) is 1.51. The fourth-order valence-electron chi connectivity index (χ4n) is 1.13. The first-order chi connectivity index (χ1) is 7.49. The SMILES string of the molecule is Cc1cc(NC(=O)CNC(C)C)cnc1Cl. The van der Waals surface area contributed by atoms with Crippen molar-refractivity contribution in [1.82, 2.24) is 10.3 Å². The zero-order valence-electron chi connectivity index (χ0n) is 9.67. The number of carbonyl (C=O) groups excluding carboxylic acids is 1. The predicted molar refractivity (Wildman–Crippen MR) is 65.8 cm³/mol. The largest absolute Gasteiger partial charge is 0.324 e. The van der Waals surface area contributed by atoms with E-state index in [9.17, 15) is 4.79 Å². The summed E-state index contributed by atoms with van der Waals surface area (Å²) in [5, 5.41) is 6.23. The number of aryl methyl sites for hydroxylation is 1. The van der Waals surface area contributed by atoms with Crippen molar-refractivity contribution in [3.63, 3.8) is 0 Å². The van der Waals surface area contributed by atoms with Crippen LogP contribution in [0.15, 0.2) is 12.3 Å². The number of pyridine rings is 1. The van der Waals surface area contributed by atoms with Crippen molar-refractivity contribution in [2.75, 3.05) is 11.9 Å². The molecular formula is C11H16ClN3O. The smallest absolute Gasteiger partial charge is 0.238 e. The maximum Gasteiger partial charge on any atom is 0.238 e. The summed E-state index contributed by atoms with van der Waals surface area (Å²) in [5.74, 6) is -0.0859. The summed E-state index contributed by atoms with van der Waals surface area (Å²) in [6, 6.07) is 2.08. The highest BCUT2D eigenvalue weighted by Gasteiger charge is 2.04. The Bertz CT molecular complexity index is 379. The van der Waals surface area contributed by atoms with Gasteiger partial charge in [-0.1, -0.05) is 25.4 Å². The molecule has 4 nitrogen and oxygen atoms in total. The molecule has 0 bridgehead atoms. The minimum atomic E-state index is -0.0859. The van der Waals surface area contributed by atoms with Gasteiger partial charge in [-0.15, -0.1) is 0 Å². The van der Waals surface area contributed by atoms with Crippen LogP contribution in [0.3, 0.4) is 0 Å². The Hall–Kier alpha value is -1.13. The van der Waals surface area contributed by atoms with Gasteiger partial charge >= 0.3 is 0 Å². The Kier molecular flexibility index (Phi) is 4.71. The topological polar surface area (TPSA) is 54.0 Å². The van der Waals surface area contributed by atoms with Gasteiger partial charge in [0.25, 0.3) is 0 Å². The molecule has 0 aliphatic heterocycles. The van der Waals surface area contributed by atoms with E-state index in [-0.39, 0.29) is 11.9 Å². The zero-order chi connectivity index (χ0) is 12.1. The molecule has 0 fully saturated rings. The summed E-state index contributed by atoms with van der Waals surface area (Å²) >= 11 is 5.78. The lowest BCUT2D eigenvalue weighted by molar-refractivity contribution is -0.115. The molecule has 88 valence electrons. The van der Waals surface area contributed by atoms with Gasteiger partial charge in [-0.25, -0.2) is 4.98 Å². The number of amides is 1. The Labute approximate surface area is 100 Å². The maximum atomic E-state index is 11.5. The Morgan fingerprint density at radius 1 is 1.56 bits per heavy atom. The summed E-state index contributed by atoms with van der Waals surface area (Å²) < 4.78 is 0. The van der Waals surface area contributed by atoms with Crippen molar-refractivity contribution in [3.05, 3.63) is 23.0 Å². The second-order valence-corrected chi connectivity index (χ2v) is 4.27. The highest BCUT2D eigenvalue weighted by atomic mass is 35.5. The van der Waals surface area contributed by atoms with Gasteiger partial charge in [0.2, 0.25) is 5.91 Å². The molecule has 0 spiro atoms. The van der Waals surface area contributed by atoms with Crippen molar-refractivity contribution in [3.8, 4) is 0 Å². The van der Waals surface area contributed by atoms with Gasteiger partial charge in [0.1, 0.15) is 5.15 Å². The van der Waals surface area contributed by atoms with Gasteiger partial charge in [-0.3, -0.25) is 4.79 Å². The van der Waals surface area contributed by atoms with Gasteiger partial charge in [-0.05, 0) is 18.6 Å². The van der Waals surface area contributed by atoms with Crippen molar-refractivity contribution in [2.45, 2.75) is 26.8 Å². The lowest BCUT2D eigenvalue weighted by Crippen LogP contribution is -2.32. The standard InChI is InChI=1S/C11H16ClN3O/c1-7(2)13-6-10(16)15-9-4-8(3)11(12)14-5-9/h4-5,7,13H,6H2,1-3H3,(H,15,16). The molecule has 16 heavy (non-hydrogen) atoms. The van der Waals surface area contributed by atoms with Gasteiger partial charge in [0.05, 0.1) is 18.4 Å². The second kappa shape index (κ2) is 5.82. The first-order valence-electron chi connectivity index (χ1n) is 5.14. The third-order valence-electron chi connectivity index (χ3n) is 1.97. The lowest BCUT2D eigenvalue weighted by Gasteiger charge is -2.09. The number of aromatic nitrogens is 1. The summed E-state index contributed by atoms with van der Waals surface area (Å²) in [6.07, 6.45) is 1.54. The van der Waals surface area contributed by atoms with Crippen LogP contribution in [-0.2, 0) is 4.79 Å². The predicted octanol–water partition coefficient (Wildman–Crippen LogP) is 1.98. The van der Waals surface area contributed by atoms with Crippen LogP contribution in [0, 0.1) is 6.92 Å². The maximum absolute atomic E-state index is 11.5. The average molecular weight is 242 g/mol. The minimum Gasteiger partial charge on any atom is -0.324 e. The lowest BCUT2D eigenvalue weighted by atomic mass is 10.3. The van der Waals surface area contributed by atoms with Crippen LogP contribution in [0.4, 0.5) is 5.69 Å². The Morgan fingerprint density at radius 2 is 2.25 bits per heavy atom. The molecule has 0 saturated carbocycles. The fraction of sp³-hybridized carbons (Fsp3) is 0.455. The molecular weight excluding hydrogens is 226 g/mol. The number of hydrogen-bond donors (Lipinski definition) is 2. The Balaban J connectivity index is 2.53. The van der Waals surface area contributed by atoms with E-state index >= 15 is 0 Å². The van der Waals surface area contributed by atoms with E-state index in [4.69, 9.17) is 11.6 Å². The van der Waals surface area contributed by atoms with Gasteiger partial charge in [0, 0.05) is 6.04 Å². The molecule has 0 aliphatic rings. The zero-order valence-corrected chi connectivity index (χ0v) is 10.4. The number of nitrogens with one attached hydrogen (secondary N) is 2. The van der Waals surface area contributed by atoms with Gasteiger partial charge in [-0.2, -0.15) is 0 Å². The number of rotatable bonds is 4. The van der Waals surface area contributed by atoms with E-state index in [1.54, 1.807) is 12.3 Å². The van der Waals surface area contributed by atoms with Crippen molar-refractivity contribution in [2.24, 2.45) is 0 Å². The van der Waals surface area contributed by atoms with E-state index in [2.05, 4.69) is 15.6 Å². The fourth-order valence-corrected chi connectivity index (χ4v) is 1.23. The number of anilines is 1. The molecule has 1 aromatic heterocycles. The normalized spacial score (nSPS) is 10.6. The molecule has 1 heterocycles. The highest BCUT2D eigenvalue weighted by Crippen LogP contribution is 2.15. The molecule has 0 aromatic carbocycles. The van der Waals surface area contributed by atoms with E-state index < -0.39 is 0 Å². The molecule has 5 heteroatoms. The van der Waals surface area contributed by atoms with Gasteiger partial charge in [0.15, 0.2) is 0 Å². The number of carbonyl (C=O) groups is 1. The van der Waals surface area contributed by atoms with Gasteiger partial charge < -0.3 is 10.6 Å². The molecule has 0 atom stereocenters. The molecule has 0 unspecified atom stereocenters. The monoisotopic (exact) mass is 241 g/mol. The molecule has 0 aliphatic carbocycles. The van der Waals surface area contributed by atoms with Crippen LogP contribution in [0.5, 0.6) is 0 Å². The molecule has 0 radical (unpaired) electrons. The van der Waals surface area contributed by atoms with E-state index in [1.165, 1.54) is 0 Å². The van der Waals surface area contributed by atoms with E-state index in [0.29, 0.717) is 17.4 Å². The van der Waals surface area contributed by atoms with E-state index in [0.717, 1.165) is 5.56 Å². The van der Waals surface area contributed by atoms with Crippen molar-refractivity contribution in [1.29, 1.82) is 0 Å². The third-order valence-corrected chi connectivity index (χ3v) is 2.36. The number of hydrogen-bond acceptors (Lipinski definition) is 3. The minimum absolute atomic E-state index is 0.0859. The average Bonchev–Trinajstić information content (AvgIpc) is 2.21. The molecule has 1 aromatic rings. The van der Waals surface area contributed by atoms with Crippen molar-refractivity contribution >= 4 is 23.2 Å². The van der Waals surface area contributed by atoms with Crippen LogP contribution in [0.2, 0.25) is 5.15 Å². The molecule has 2 N–H and O–H groups in total. The van der Waals surface area contributed by atoms with Crippen LogP contribution >= 0.6 is 11.6 Å². The van der Waals surface area contributed by atoms with Crippen molar-refractivity contribution < 1.29 is 4.79 Å². The Morgan fingerprint density at radius 3 is 2.81 bits per heavy atom. The summed E-state index contributed by atoms with van der Waals surface area (Å²) in [4.78, 5) is 15.4. The third kappa shape index (κ3) is 4.16. The van der Waals surface area contributed by atoms with E-state index in [1.807, 2.05) is 20.8 Å².